The molecule has 2 heterocycles. The van der Waals surface area contributed by atoms with Crippen molar-refractivity contribution in [1.29, 1.82) is 0 Å². The van der Waals surface area contributed by atoms with Crippen molar-refractivity contribution in [1.82, 2.24) is 3.97 Å². The van der Waals surface area contributed by atoms with Crippen LogP contribution in [0.1, 0.15) is 38.7 Å². The molecule has 5 heteroatoms. The number of aromatic nitrogens is 1. The molecule has 0 aliphatic carbocycles. The van der Waals surface area contributed by atoms with Crippen LogP contribution < -0.4 is 0 Å². The van der Waals surface area contributed by atoms with Gasteiger partial charge in [0.1, 0.15) is 0 Å². The van der Waals surface area contributed by atoms with Gasteiger partial charge in [-0.25, -0.2) is 0 Å². The zero-order valence-corrected chi connectivity index (χ0v) is 15.7. The van der Waals surface area contributed by atoms with Gasteiger partial charge in [0.25, 0.3) is 0 Å². The molecule has 0 amide bonds. The Hall–Kier alpha value is -1.27. The molecule has 0 radical (unpaired) electrons. The fraction of sp³-hybridized carbons (Fsp3) is 0.500. The maximum Gasteiger partial charge on any atom is 0.157 e. The van der Waals surface area contributed by atoms with Crippen LogP contribution in [0.2, 0.25) is 0 Å². The molecule has 1 aromatic carbocycles. The molecule has 1 N–H and O–H groups in total. The van der Waals surface area contributed by atoms with Crippen LogP contribution in [-0.2, 0) is 15.1 Å². The summed E-state index contributed by atoms with van der Waals surface area (Å²) in [4.78, 5) is 1.17. The minimum atomic E-state index is -0.882. The van der Waals surface area contributed by atoms with Gasteiger partial charge in [0, 0.05) is 29.3 Å². The quantitative estimate of drug-likeness (QED) is 0.792. The highest BCUT2D eigenvalue weighted by atomic mass is 32.2. The predicted octanol–water partition coefficient (Wildman–Crippen LogP) is 4.43. The van der Waals surface area contributed by atoms with Gasteiger partial charge in [0.15, 0.2) is 6.29 Å². The van der Waals surface area contributed by atoms with E-state index in [0.717, 1.165) is 25.2 Å². The second-order valence-corrected chi connectivity index (χ2v) is 7.88. The van der Waals surface area contributed by atoms with Gasteiger partial charge in [0.2, 0.25) is 0 Å². The maximum atomic E-state index is 11.3. The first kappa shape index (κ1) is 18.5. The minimum absolute atomic E-state index is 0.105. The molecule has 1 atom stereocenters. The van der Waals surface area contributed by atoms with Crippen LogP contribution in [0.4, 0.5) is 0 Å². The van der Waals surface area contributed by atoms with Crippen LogP contribution in [-0.4, -0.2) is 28.6 Å². The molecule has 1 aliphatic heterocycles. The highest BCUT2D eigenvalue weighted by molar-refractivity contribution is 7.97. The summed E-state index contributed by atoms with van der Waals surface area (Å²) in [6, 6.07) is 12.2. The Balaban J connectivity index is 1.69. The maximum absolute atomic E-state index is 11.3. The van der Waals surface area contributed by atoms with Crippen LogP contribution in [0.15, 0.2) is 53.7 Å². The van der Waals surface area contributed by atoms with Crippen LogP contribution in [0.5, 0.6) is 0 Å². The van der Waals surface area contributed by atoms with Crippen molar-refractivity contribution in [2.45, 2.75) is 49.9 Å². The average molecular weight is 362 g/mol. The SMILES string of the molecule is CC(C)C(O)(CCC1OCCCO1)c1ccn(Sc2ccccc2)c1. The number of benzene rings is 1. The lowest BCUT2D eigenvalue weighted by molar-refractivity contribution is -0.188. The van der Waals surface area contributed by atoms with Crippen molar-refractivity contribution in [3.63, 3.8) is 0 Å². The van der Waals surface area contributed by atoms with Crippen molar-refractivity contribution in [3.8, 4) is 0 Å². The van der Waals surface area contributed by atoms with Crippen molar-refractivity contribution in [2.24, 2.45) is 5.92 Å². The standard InChI is InChI=1S/C20H27NO3S/c1-16(2)20(22,11-9-19-23-13-6-14-24-19)17-10-12-21(15-17)25-18-7-4-3-5-8-18/h3-5,7-8,10,12,15-16,19,22H,6,9,11,13-14H2,1-2H3. The molecule has 136 valence electrons. The van der Waals surface area contributed by atoms with Gasteiger partial charge in [0.05, 0.1) is 18.8 Å². The van der Waals surface area contributed by atoms with Crippen LogP contribution in [0.25, 0.3) is 0 Å². The summed E-state index contributed by atoms with van der Waals surface area (Å²) in [7, 11) is 0. The summed E-state index contributed by atoms with van der Waals surface area (Å²) < 4.78 is 13.3. The highest BCUT2D eigenvalue weighted by Gasteiger charge is 2.35. The van der Waals surface area contributed by atoms with E-state index in [9.17, 15) is 5.11 Å². The second-order valence-electron chi connectivity index (χ2n) is 6.81. The fourth-order valence-corrected chi connectivity index (χ4v) is 3.91. The summed E-state index contributed by atoms with van der Waals surface area (Å²) in [6.07, 6.45) is 6.11. The summed E-state index contributed by atoms with van der Waals surface area (Å²) in [5.41, 5.74) is 0.0638. The third kappa shape index (κ3) is 4.67. The molecule has 1 fully saturated rings. The smallest absolute Gasteiger partial charge is 0.157 e. The van der Waals surface area contributed by atoms with Gasteiger partial charge in [-0.3, -0.25) is 3.97 Å². The van der Waals surface area contributed by atoms with Gasteiger partial charge in [-0.1, -0.05) is 32.0 Å². The average Bonchev–Trinajstić information content (AvgIpc) is 3.10. The molecular formula is C20H27NO3S. The molecule has 1 saturated heterocycles. The largest absolute Gasteiger partial charge is 0.385 e. The third-order valence-corrected chi connectivity index (χ3v) is 5.65. The van der Waals surface area contributed by atoms with Gasteiger partial charge >= 0.3 is 0 Å². The molecule has 0 bridgehead atoms. The van der Waals surface area contributed by atoms with E-state index < -0.39 is 5.60 Å². The number of rotatable bonds is 7. The molecule has 1 unspecified atom stereocenters. The van der Waals surface area contributed by atoms with E-state index in [2.05, 4.69) is 26.0 Å². The van der Waals surface area contributed by atoms with Gasteiger partial charge in [-0.05, 0) is 48.9 Å². The van der Waals surface area contributed by atoms with Crippen molar-refractivity contribution in [2.75, 3.05) is 13.2 Å². The lowest BCUT2D eigenvalue weighted by atomic mass is 9.81. The monoisotopic (exact) mass is 361 g/mol. The molecule has 25 heavy (non-hydrogen) atoms. The summed E-state index contributed by atoms with van der Waals surface area (Å²) >= 11 is 1.64. The van der Waals surface area contributed by atoms with Crippen LogP contribution >= 0.6 is 11.9 Å². The Kier molecular flexibility index (Phi) is 6.23. The summed E-state index contributed by atoms with van der Waals surface area (Å²) in [5, 5.41) is 11.3. The van der Waals surface area contributed by atoms with E-state index in [-0.39, 0.29) is 12.2 Å². The van der Waals surface area contributed by atoms with E-state index in [0.29, 0.717) is 12.8 Å². The molecule has 1 aromatic heterocycles. The third-order valence-electron chi connectivity index (χ3n) is 4.73. The van der Waals surface area contributed by atoms with Gasteiger partial charge < -0.3 is 14.6 Å². The summed E-state index contributed by atoms with van der Waals surface area (Å²) in [6.45, 7) is 5.61. The number of aliphatic hydroxyl groups is 1. The normalized spacial score (nSPS) is 18.4. The molecule has 4 nitrogen and oxygen atoms in total. The van der Waals surface area contributed by atoms with Gasteiger partial charge in [-0.15, -0.1) is 0 Å². The molecule has 3 rings (SSSR count). The Labute approximate surface area is 154 Å². The molecular weight excluding hydrogens is 334 g/mol. The van der Waals surface area contributed by atoms with Crippen LogP contribution in [0, 0.1) is 5.92 Å². The topological polar surface area (TPSA) is 43.6 Å². The molecule has 2 aromatic rings. The second kappa shape index (κ2) is 8.41. The van der Waals surface area contributed by atoms with E-state index in [1.807, 2.05) is 40.6 Å². The van der Waals surface area contributed by atoms with Crippen molar-refractivity contribution in [3.05, 3.63) is 54.4 Å². The lowest BCUT2D eigenvalue weighted by Crippen LogP contribution is -2.34. The Morgan fingerprint density at radius 3 is 2.60 bits per heavy atom. The number of hydrogen-bond donors (Lipinski definition) is 1. The molecule has 0 spiro atoms. The first-order valence-corrected chi connectivity index (χ1v) is 9.73. The van der Waals surface area contributed by atoms with Crippen molar-refractivity contribution < 1.29 is 14.6 Å². The minimum Gasteiger partial charge on any atom is -0.385 e. The Morgan fingerprint density at radius 1 is 1.20 bits per heavy atom. The first-order valence-electron chi connectivity index (χ1n) is 8.95. The summed E-state index contributed by atoms with van der Waals surface area (Å²) in [5.74, 6) is 0.105. The van der Waals surface area contributed by atoms with E-state index in [1.54, 1.807) is 11.9 Å². The van der Waals surface area contributed by atoms with Crippen LogP contribution in [0.3, 0.4) is 0 Å². The number of ether oxygens (including phenoxy) is 2. The van der Waals surface area contributed by atoms with E-state index in [4.69, 9.17) is 9.47 Å². The fourth-order valence-electron chi connectivity index (χ4n) is 3.10. The van der Waals surface area contributed by atoms with E-state index in [1.165, 1.54) is 4.90 Å². The lowest BCUT2D eigenvalue weighted by Gasteiger charge is -2.34. The molecule has 1 aliphatic rings. The first-order chi connectivity index (χ1) is 12.1. The Morgan fingerprint density at radius 2 is 1.92 bits per heavy atom. The number of nitrogens with zero attached hydrogens (tertiary/aromatic N) is 1. The van der Waals surface area contributed by atoms with Crippen molar-refractivity contribution >= 4 is 11.9 Å². The number of hydrogen-bond acceptors (Lipinski definition) is 4. The van der Waals surface area contributed by atoms with Gasteiger partial charge in [-0.2, -0.15) is 0 Å². The highest BCUT2D eigenvalue weighted by Crippen LogP contribution is 2.36. The van der Waals surface area contributed by atoms with E-state index >= 15 is 0 Å². The molecule has 0 saturated carbocycles. The predicted molar refractivity (Wildman–Crippen MR) is 100 cm³/mol. The Bertz CT molecular complexity index is 652. The zero-order chi connectivity index (χ0) is 17.7. The zero-order valence-electron chi connectivity index (χ0n) is 14.9.